The maximum Gasteiger partial charge on any atom is 0.138 e. The molecule has 0 bridgehead atoms. The first-order valence-corrected chi connectivity index (χ1v) is 25.3. The second-order valence-electron chi connectivity index (χ2n) is 20.6. The fourth-order valence-electron chi connectivity index (χ4n) is 14.1. The fraction of sp³-hybridized carbons (Fsp3) is 0.0735. The zero-order chi connectivity index (χ0) is 48.2. The highest BCUT2D eigenvalue weighted by Gasteiger charge is 2.58. The van der Waals surface area contributed by atoms with E-state index >= 15 is 0 Å². The van der Waals surface area contributed by atoms with Crippen molar-refractivity contribution >= 4 is 39.1 Å². The Labute approximate surface area is 423 Å². The summed E-state index contributed by atoms with van der Waals surface area (Å²) in [4.78, 5) is 18.5. The third kappa shape index (κ3) is 5.03. The van der Waals surface area contributed by atoms with Gasteiger partial charge in [-0.15, -0.1) is 0 Å². The Kier molecular flexibility index (Phi) is 8.03. The molecule has 4 aromatic heterocycles. The Hall–Kier alpha value is -9.19. The molecular formula is C68H45N5. The number of hydrogen-bond acceptors (Lipinski definition) is 4. The van der Waals surface area contributed by atoms with Crippen LogP contribution in [0.15, 0.2) is 237 Å². The van der Waals surface area contributed by atoms with Gasteiger partial charge in [0.2, 0.25) is 0 Å². The average Bonchev–Trinajstić information content (AvgIpc) is 4.19. The second kappa shape index (κ2) is 14.5. The standard InChI is InChI=1S/C68H45N5/c1-66(2)53-31-16-17-32-54(53)68(58-39-49-47-26-11-15-30-52(47)67(56(49)40-57(58)66)50-28-13-9-24-45(50)46-25-10-14-29-51(46)67)55-33-19-37-69-64(55)65-59(68)38-44(41-70-65)73-60-34-18-12-27-48(60)63-61(73)35-36-62(71-63)72(42-20-5-3-6-21-42)43-22-7-4-8-23-43/h3-41H,1-2H3. The van der Waals surface area contributed by atoms with E-state index in [4.69, 9.17) is 15.0 Å². The first kappa shape index (κ1) is 40.5. The summed E-state index contributed by atoms with van der Waals surface area (Å²) in [6.07, 6.45) is 3.98. The Morgan fingerprint density at radius 1 is 0.384 bits per heavy atom. The lowest BCUT2D eigenvalue weighted by Crippen LogP contribution is -2.41. The molecule has 0 fully saturated rings. The molecule has 0 N–H and O–H groups in total. The third-order valence-electron chi connectivity index (χ3n) is 16.9. The largest absolute Gasteiger partial charge is 0.306 e. The van der Waals surface area contributed by atoms with E-state index in [1.54, 1.807) is 0 Å². The van der Waals surface area contributed by atoms with Gasteiger partial charge in [0.1, 0.15) is 5.82 Å². The number of rotatable bonds is 4. The molecule has 8 aromatic carbocycles. The molecule has 12 aromatic rings. The molecule has 0 saturated heterocycles. The molecule has 4 heterocycles. The van der Waals surface area contributed by atoms with Crippen molar-refractivity contribution in [2.45, 2.75) is 30.1 Å². The number of para-hydroxylation sites is 3. The van der Waals surface area contributed by atoms with Crippen molar-refractivity contribution in [2.24, 2.45) is 0 Å². The van der Waals surface area contributed by atoms with E-state index in [9.17, 15) is 0 Å². The van der Waals surface area contributed by atoms with Gasteiger partial charge in [-0.2, -0.15) is 0 Å². The second-order valence-corrected chi connectivity index (χ2v) is 20.6. The van der Waals surface area contributed by atoms with Crippen LogP contribution in [-0.4, -0.2) is 19.5 Å². The van der Waals surface area contributed by atoms with Crippen molar-refractivity contribution < 1.29 is 0 Å². The minimum atomic E-state index is -0.745. The van der Waals surface area contributed by atoms with E-state index in [1.165, 1.54) is 66.8 Å². The van der Waals surface area contributed by atoms with Crippen LogP contribution in [0.25, 0.3) is 61.3 Å². The first-order valence-electron chi connectivity index (χ1n) is 25.3. The highest BCUT2D eigenvalue weighted by atomic mass is 15.2. The molecule has 73 heavy (non-hydrogen) atoms. The molecule has 0 radical (unpaired) electrons. The van der Waals surface area contributed by atoms with Gasteiger partial charge in [0, 0.05) is 33.9 Å². The first-order chi connectivity index (χ1) is 36.0. The van der Waals surface area contributed by atoms with E-state index in [1.807, 2.05) is 12.4 Å². The number of nitrogens with zero attached hydrogens (tertiary/aromatic N) is 5. The molecule has 16 rings (SSSR count). The van der Waals surface area contributed by atoms with Crippen LogP contribution in [0.3, 0.4) is 0 Å². The lowest BCUT2D eigenvalue weighted by molar-refractivity contribution is 0.561. The molecule has 4 aliphatic carbocycles. The van der Waals surface area contributed by atoms with Gasteiger partial charge in [0.15, 0.2) is 0 Å². The molecule has 5 nitrogen and oxygen atoms in total. The molecule has 0 saturated carbocycles. The third-order valence-corrected chi connectivity index (χ3v) is 16.9. The van der Waals surface area contributed by atoms with E-state index in [0.29, 0.717) is 0 Å². The van der Waals surface area contributed by atoms with E-state index < -0.39 is 10.8 Å². The van der Waals surface area contributed by atoms with Crippen LogP contribution >= 0.6 is 0 Å². The van der Waals surface area contributed by atoms with Crippen LogP contribution in [0, 0.1) is 0 Å². The minimum Gasteiger partial charge on any atom is -0.306 e. The van der Waals surface area contributed by atoms with Crippen molar-refractivity contribution in [2.75, 3.05) is 4.90 Å². The van der Waals surface area contributed by atoms with E-state index in [2.05, 4.69) is 248 Å². The van der Waals surface area contributed by atoms with Crippen LogP contribution in [0.4, 0.5) is 17.2 Å². The predicted octanol–water partition coefficient (Wildman–Crippen LogP) is 15.8. The molecule has 0 amide bonds. The Morgan fingerprint density at radius 2 is 0.932 bits per heavy atom. The zero-order valence-electron chi connectivity index (χ0n) is 40.3. The van der Waals surface area contributed by atoms with Gasteiger partial charge in [-0.1, -0.05) is 178 Å². The highest BCUT2D eigenvalue weighted by Crippen LogP contribution is 2.67. The lowest BCUT2D eigenvalue weighted by atomic mass is 9.55. The summed E-state index contributed by atoms with van der Waals surface area (Å²) in [5, 5.41) is 1.08. The van der Waals surface area contributed by atoms with Crippen molar-refractivity contribution in [3.63, 3.8) is 0 Å². The lowest BCUT2D eigenvalue weighted by Gasteiger charge is -2.47. The number of anilines is 3. The molecule has 0 aliphatic heterocycles. The molecule has 1 atom stereocenters. The summed E-state index contributed by atoms with van der Waals surface area (Å²) in [5.41, 5.74) is 24.4. The van der Waals surface area contributed by atoms with Gasteiger partial charge in [-0.05, 0) is 133 Å². The van der Waals surface area contributed by atoms with E-state index in [-0.39, 0.29) is 5.41 Å². The molecule has 1 unspecified atom stereocenters. The fourth-order valence-corrected chi connectivity index (χ4v) is 14.1. The van der Waals surface area contributed by atoms with E-state index in [0.717, 1.165) is 67.3 Å². The maximum atomic E-state index is 5.55. The molecule has 342 valence electrons. The Balaban J connectivity index is 0.974. The van der Waals surface area contributed by atoms with Gasteiger partial charge in [-0.25, -0.2) is 4.98 Å². The van der Waals surface area contributed by atoms with Crippen molar-refractivity contribution in [1.29, 1.82) is 0 Å². The molecule has 4 aliphatic rings. The quantitative estimate of drug-likeness (QED) is 0.176. The van der Waals surface area contributed by atoms with Gasteiger partial charge in [-0.3, -0.25) is 14.9 Å². The molecular weight excluding hydrogens is 887 g/mol. The van der Waals surface area contributed by atoms with Gasteiger partial charge in [0.25, 0.3) is 0 Å². The topological polar surface area (TPSA) is 46.8 Å². The summed E-state index contributed by atoms with van der Waals surface area (Å²) in [7, 11) is 0. The van der Waals surface area contributed by atoms with Crippen molar-refractivity contribution in [3.05, 3.63) is 292 Å². The van der Waals surface area contributed by atoms with Crippen LogP contribution in [0.5, 0.6) is 0 Å². The van der Waals surface area contributed by atoms with Gasteiger partial charge < -0.3 is 4.57 Å². The van der Waals surface area contributed by atoms with Crippen LogP contribution in [-0.2, 0) is 16.2 Å². The van der Waals surface area contributed by atoms with Crippen LogP contribution in [0.1, 0.15) is 69.5 Å². The highest BCUT2D eigenvalue weighted by molar-refractivity contribution is 6.08. The predicted molar refractivity (Wildman–Crippen MR) is 295 cm³/mol. The van der Waals surface area contributed by atoms with Gasteiger partial charge in [0.05, 0.1) is 50.7 Å². The number of pyridine rings is 3. The number of aromatic nitrogens is 4. The Morgan fingerprint density at radius 3 is 1.62 bits per heavy atom. The summed E-state index contributed by atoms with van der Waals surface area (Å²) < 4.78 is 2.37. The van der Waals surface area contributed by atoms with Crippen LogP contribution < -0.4 is 4.90 Å². The average molecular weight is 932 g/mol. The Bertz CT molecular complexity index is 4240. The summed E-state index contributed by atoms with van der Waals surface area (Å²) in [6, 6.07) is 82.7. The summed E-state index contributed by atoms with van der Waals surface area (Å²) in [5.74, 6) is 0.846. The summed E-state index contributed by atoms with van der Waals surface area (Å²) in [6.45, 7) is 4.86. The normalized spacial score (nSPS) is 16.4. The molecule has 5 heteroatoms. The number of fused-ring (bicyclic) bond motifs is 22. The monoisotopic (exact) mass is 931 g/mol. The summed E-state index contributed by atoms with van der Waals surface area (Å²) >= 11 is 0. The van der Waals surface area contributed by atoms with Gasteiger partial charge >= 0.3 is 0 Å². The zero-order valence-corrected chi connectivity index (χ0v) is 40.3. The van der Waals surface area contributed by atoms with Crippen molar-refractivity contribution in [1.82, 2.24) is 19.5 Å². The number of hydrogen-bond donors (Lipinski definition) is 0. The molecule has 2 spiro atoms. The van der Waals surface area contributed by atoms with Crippen LogP contribution in [0.2, 0.25) is 0 Å². The SMILES string of the molecule is CC1(C)c2ccccc2C2(c3cc4c(cc31)C1(c3ccccc3-c3ccccc31)c1ccccc1-4)c1cccnc1-c1ncc(-n3c4ccccc4c4nc(N(c5ccccc5)c5ccccc5)ccc43)cc12. The maximum absolute atomic E-state index is 5.55. The minimum absolute atomic E-state index is 0.362. The van der Waals surface area contributed by atoms with Crippen molar-refractivity contribution in [3.8, 4) is 39.3 Å². The number of benzene rings is 8. The smallest absolute Gasteiger partial charge is 0.138 e.